The molecule has 0 aromatic carbocycles. The minimum Gasteiger partial charge on any atom is -0.501 e. The van der Waals surface area contributed by atoms with Crippen molar-refractivity contribution < 1.29 is 14.6 Å². The van der Waals surface area contributed by atoms with Crippen molar-refractivity contribution in [2.45, 2.75) is 6.92 Å². The van der Waals surface area contributed by atoms with Crippen molar-refractivity contribution in [2.24, 2.45) is 0 Å². The summed E-state index contributed by atoms with van der Waals surface area (Å²) in [6.07, 6.45) is 2.10. The number of ether oxygens (including phenoxy) is 1. The Balaban J connectivity index is 3.20. The summed E-state index contributed by atoms with van der Waals surface area (Å²) >= 11 is 0. The molecule has 0 saturated carbocycles. The van der Waals surface area contributed by atoms with Gasteiger partial charge in [-0.1, -0.05) is 0 Å². The fraction of sp³-hybridized carbons (Fsp3) is 0.400. The number of carboxylic acid groups (broad SMARTS) is 1. The van der Waals surface area contributed by atoms with E-state index < -0.39 is 5.97 Å². The van der Waals surface area contributed by atoms with Gasteiger partial charge in [-0.2, -0.15) is 0 Å². The first-order valence-corrected chi connectivity index (χ1v) is 2.28. The van der Waals surface area contributed by atoms with E-state index in [0.717, 1.165) is 12.3 Å². The highest BCUT2D eigenvalue weighted by atomic mass is 16.5. The summed E-state index contributed by atoms with van der Waals surface area (Å²) in [4.78, 5) is 9.71. The zero-order valence-corrected chi connectivity index (χ0v) is 4.63. The maximum atomic E-state index is 9.71. The predicted molar refractivity (Wildman–Crippen MR) is 28.4 cm³/mol. The normalized spacial score (nSPS) is 9.62. The van der Waals surface area contributed by atoms with Crippen LogP contribution in [0.1, 0.15) is 6.92 Å². The van der Waals surface area contributed by atoms with Crippen molar-refractivity contribution in [1.82, 2.24) is 0 Å². The van der Waals surface area contributed by atoms with Gasteiger partial charge in [-0.25, -0.2) is 4.79 Å². The lowest BCUT2D eigenvalue weighted by Gasteiger charge is -1.87. The molecule has 0 aromatic rings. The molecule has 8 heavy (non-hydrogen) atoms. The third-order valence-corrected chi connectivity index (χ3v) is 0.474. The SMILES string of the molecule is CCO/C=C/C(=O)O. The van der Waals surface area contributed by atoms with E-state index in [0.29, 0.717) is 6.61 Å². The van der Waals surface area contributed by atoms with Gasteiger partial charge in [-0.15, -0.1) is 0 Å². The van der Waals surface area contributed by atoms with Gasteiger partial charge in [0.1, 0.15) is 0 Å². The summed E-state index contributed by atoms with van der Waals surface area (Å²) in [7, 11) is 0. The molecule has 0 aromatic heterocycles. The molecular weight excluding hydrogens is 108 g/mol. The third kappa shape index (κ3) is 5.01. The summed E-state index contributed by atoms with van der Waals surface area (Å²) in [6, 6.07) is 0. The van der Waals surface area contributed by atoms with Crippen LogP contribution in [0.3, 0.4) is 0 Å². The number of carboxylic acids is 1. The first-order chi connectivity index (χ1) is 3.77. The van der Waals surface area contributed by atoms with Gasteiger partial charge >= 0.3 is 5.97 Å². The third-order valence-electron chi connectivity index (χ3n) is 0.474. The topological polar surface area (TPSA) is 46.5 Å². The van der Waals surface area contributed by atoms with Crippen molar-refractivity contribution in [3.8, 4) is 0 Å². The number of rotatable bonds is 3. The molecule has 0 unspecified atom stereocenters. The van der Waals surface area contributed by atoms with E-state index in [1.165, 1.54) is 0 Å². The summed E-state index contributed by atoms with van der Waals surface area (Å²) in [5.41, 5.74) is 0. The molecule has 0 atom stereocenters. The quantitative estimate of drug-likeness (QED) is 0.434. The second kappa shape index (κ2) is 4.18. The molecule has 0 radical (unpaired) electrons. The minimum atomic E-state index is -0.988. The van der Waals surface area contributed by atoms with Gasteiger partial charge in [0, 0.05) is 0 Å². The molecule has 0 heterocycles. The lowest BCUT2D eigenvalue weighted by molar-refractivity contribution is -0.131. The molecule has 0 aliphatic heterocycles. The fourth-order valence-electron chi connectivity index (χ4n) is 0.203. The largest absolute Gasteiger partial charge is 0.501 e. The Morgan fingerprint density at radius 3 is 2.88 bits per heavy atom. The van der Waals surface area contributed by atoms with E-state index in [9.17, 15) is 4.79 Å². The van der Waals surface area contributed by atoms with Gasteiger partial charge in [0.2, 0.25) is 0 Å². The molecule has 0 aliphatic rings. The summed E-state index contributed by atoms with van der Waals surface area (Å²) < 4.78 is 4.58. The molecule has 0 amide bonds. The van der Waals surface area contributed by atoms with Crippen molar-refractivity contribution in [3.05, 3.63) is 12.3 Å². The second-order valence-corrected chi connectivity index (χ2v) is 1.10. The Hall–Kier alpha value is -0.990. The molecule has 0 saturated heterocycles. The van der Waals surface area contributed by atoms with E-state index in [-0.39, 0.29) is 0 Å². The Kier molecular flexibility index (Phi) is 3.66. The van der Waals surface area contributed by atoms with Gasteiger partial charge in [0.25, 0.3) is 0 Å². The summed E-state index contributed by atoms with van der Waals surface area (Å²) in [5.74, 6) is -0.988. The maximum absolute atomic E-state index is 9.71. The monoisotopic (exact) mass is 116 g/mol. The van der Waals surface area contributed by atoms with Crippen LogP contribution in [-0.4, -0.2) is 17.7 Å². The Morgan fingerprint density at radius 1 is 1.88 bits per heavy atom. The number of hydrogen-bond donors (Lipinski definition) is 1. The maximum Gasteiger partial charge on any atom is 0.331 e. The van der Waals surface area contributed by atoms with E-state index in [1.54, 1.807) is 6.92 Å². The first kappa shape index (κ1) is 7.01. The van der Waals surface area contributed by atoms with Crippen LogP contribution in [-0.2, 0) is 9.53 Å². The fourth-order valence-corrected chi connectivity index (χ4v) is 0.203. The average molecular weight is 116 g/mol. The van der Waals surface area contributed by atoms with Crippen molar-refractivity contribution in [3.63, 3.8) is 0 Å². The van der Waals surface area contributed by atoms with E-state index in [2.05, 4.69) is 4.74 Å². The Labute approximate surface area is 47.6 Å². The molecule has 46 valence electrons. The van der Waals surface area contributed by atoms with Gasteiger partial charge in [-0.3, -0.25) is 0 Å². The molecule has 0 rings (SSSR count). The zero-order valence-electron chi connectivity index (χ0n) is 4.63. The highest BCUT2D eigenvalue weighted by Crippen LogP contribution is 1.74. The van der Waals surface area contributed by atoms with Gasteiger partial charge in [0.15, 0.2) is 0 Å². The molecule has 0 bridgehead atoms. The van der Waals surface area contributed by atoms with Crippen molar-refractivity contribution >= 4 is 5.97 Å². The van der Waals surface area contributed by atoms with Crippen LogP contribution in [0, 0.1) is 0 Å². The van der Waals surface area contributed by atoms with Gasteiger partial charge in [-0.05, 0) is 6.92 Å². The van der Waals surface area contributed by atoms with E-state index in [1.807, 2.05) is 0 Å². The summed E-state index contributed by atoms with van der Waals surface area (Å²) in [5, 5.41) is 7.97. The van der Waals surface area contributed by atoms with Crippen molar-refractivity contribution in [2.75, 3.05) is 6.61 Å². The molecule has 0 spiro atoms. The zero-order chi connectivity index (χ0) is 6.41. The average Bonchev–Trinajstić information content (AvgIpc) is 1.66. The van der Waals surface area contributed by atoms with Crippen LogP contribution in [0.5, 0.6) is 0 Å². The molecular formula is C5H8O3. The molecule has 0 fully saturated rings. The smallest absolute Gasteiger partial charge is 0.331 e. The van der Waals surface area contributed by atoms with Gasteiger partial charge < -0.3 is 9.84 Å². The molecule has 0 aliphatic carbocycles. The van der Waals surface area contributed by atoms with Crippen LogP contribution in [0.25, 0.3) is 0 Å². The van der Waals surface area contributed by atoms with Crippen LogP contribution in [0.4, 0.5) is 0 Å². The van der Waals surface area contributed by atoms with Crippen LogP contribution >= 0.6 is 0 Å². The van der Waals surface area contributed by atoms with E-state index in [4.69, 9.17) is 5.11 Å². The second-order valence-electron chi connectivity index (χ2n) is 1.10. The van der Waals surface area contributed by atoms with Gasteiger partial charge in [0.05, 0.1) is 18.9 Å². The minimum absolute atomic E-state index is 0.504. The van der Waals surface area contributed by atoms with Crippen LogP contribution < -0.4 is 0 Å². The number of carbonyl (C=O) groups is 1. The number of hydrogen-bond acceptors (Lipinski definition) is 2. The number of aliphatic carboxylic acids is 1. The predicted octanol–water partition coefficient (Wildman–Crippen LogP) is 0.621. The molecule has 1 N–H and O–H groups in total. The van der Waals surface area contributed by atoms with Crippen LogP contribution in [0.2, 0.25) is 0 Å². The summed E-state index contributed by atoms with van der Waals surface area (Å²) in [6.45, 7) is 2.29. The lowest BCUT2D eigenvalue weighted by Crippen LogP contribution is -1.87. The van der Waals surface area contributed by atoms with E-state index >= 15 is 0 Å². The molecule has 3 heteroatoms. The van der Waals surface area contributed by atoms with Crippen molar-refractivity contribution in [1.29, 1.82) is 0 Å². The standard InChI is InChI=1S/C5H8O3/c1-2-8-4-3-5(6)7/h3-4H,2H2,1H3,(H,6,7)/b4-3+. The Bertz CT molecular complexity index is 95.8. The first-order valence-electron chi connectivity index (χ1n) is 2.28. The highest BCUT2D eigenvalue weighted by molar-refractivity contribution is 5.79. The highest BCUT2D eigenvalue weighted by Gasteiger charge is 1.81. The molecule has 3 nitrogen and oxygen atoms in total. The lowest BCUT2D eigenvalue weighted by atomic mass is 10.6. The van der Waals surface area contributed by atoms with Crippen LogP contribution in [0.15, 0.2) is 12.3 Å². The Morgan fingerprint density at radius 2 is 2.50 bits per heavy atom.